The molecule has 0 radical (unpaired) electrons. The van der Waals surface area contributed by atoms with Crippen molar-refractivity contribution < 1.29 is 9.52 Å². The van der Waals surface area contributed by atoms with Crippen LogP contribution in [0.15, 0.2) is 34.9 Å². The quantitative estimate of drug-likeness (QED) is 0.719. The van der Waals surface area contributed by atoms with Gasteiger partial charge in [-0.2, -0.15) is 0 Å². The summed E-state index contributed by atoms with van der Waals surface area (Å²) in [6.45, 7) is 1.86. The average molecular weight is 249 g/mol. The molecule has 0 unspecified atom stereocenters. The number of hydrogen-bond donors (Lipinski definition) is 1. The first-order chi connectivity index (χ1) is 8.15. The summed E-state index contributed by atoms with van der Waals surface area (Å²) in [5.41, 5.74) is 0.730. The van der Waals surface area contributed by atoms with Crippen LogP contribution >= 0.6 is 11.6 Å². The van der Waals surface area contributed by atoms with E-state index in [9.17, 15) is 5.11 Å². The fourth-order valence-electron chi connectivity index (χ4n) is 1.77. The average Bonchev–Trinajstić information content (AvgIpc) is 2.83. The van der Waals surface area contributed by atoms with Crippen molar-refractivity contribution in [1.29, 1.82) is 0 Å². The van der Waals surface area contributed by atoms with Gasteiger partial charge < -0.3 is 9.52 Å². The monoisotopic (exact) mass is 248 g/mol. The summed E-state index contributed by atoms with van der Waals surface area (Å²) in [7, 11) is 0. The lowest BCUT2D eigenvalue weighted by atomic mass is 10.4. The summed E-state index contributed by atoms with van der Waals surface area (Å²) in [5, 5.41) is 9.88. The standard InChI is InChI=1S/C12H9ClN2O2/c1-7-2-5-10(17-7)12-14-11(13)9-4-3-8(16)6-15(9)12/h2-6,16H,1H3. The summed E-state index contributed by atoms with van der Waals surface area (Å²) in [5.74, 6) is 2.15. The van der Waals surface area contributed by atoms with E-state index in [0.29, 0.717) is 16.7 Å². The van der Waals surface area contributed by atoms with Gasteiger partial charge in [-0.25, -0.2) is 4.98 Å². The molecule has 5 heteroatoms. The summed E-state index contributed by atoms with van der Waals surface area (Å²) in [6.07, 6.45) is 1.56. The zero-order chi connectivity index (χ0) is 12.0. The highest BCUT2D eigenvalue weighted by molar-refractivity contribution is 6.32. The van der Waals surface area contributed by atoms with E-state index in [1.165, 1.54) is 0 Å². The van der Waals surface area contributed by atoms with E-state index in [1.807, 2.05) is 19.1 Å². The van der Waals surface area contributed by atoms with Gasteiger partial charge >= 0.3 is 0 Å². The second-order valence-electron chi connectivity index (χ2n) is 3.78. The van der Waals surface area contributed by atoms with Gasteiger partial charge in [0.25, 0.3) is 0 Å². The normalized spacial score (nSPS) is 11.2. The Labute approximate surface area is 102 Å². The van der Waals surface area contributed by atoms with Crippen LogP contribution in [0, 0.1) is 6.92 Å². The van der Waals surface area contributed by atoms with Crippen molar-refractivity contribution in [1.82, 2.24) is 9.38 Å². The van der Waals surface area contributed by atoms with Gasteiger partial charge in [-0.3, -0.25) is 4.40 Å². The molecule has 0 fully saturated rings. The number of hydrogen-bond acceptors (Lipinski definition) is 3. The first-order valence-corrected chi connectivity index (χ1v) is 5.46. The highest BCUT2D eigenvalue weighted by Gasteiger charge is 2.14. The van der Waals surface area contributed by atoms with Crippen molar-refractivity contribution in [2.75, 3.05) is 0 Å². The van der Waals surface area contributed by atoms with Crippen LogP contribution in [0.3, 0.4) is 0 Å². The van der Waals surface area contributed by atoms with Crippen molar-refractivity contribution >= 4 is 17.1 Å². The molecule has 0 spiro atoms. The maximum absolute atomic E-state index is 9.49. The molecule has 1 N–H and O–H groups in total. The van der Waals surface area contributed by atoms with Crippen LogP contribution in [-0.2, 0) is 0 Å². The molecule has 0 saturated carbocycles. The van der Waals surface area contributed by atoms with Gasteiger partial charge in [0.2, 0.25) is 0 Å². The number of fused-ring (bicyclic) bond motifs is 1. The molecule has 17 heavy (non-hydrogen) atoms. The van der Waals surface area contributed by atoms with Crippen molar-refractivity contribution in [2.24, 2.45) is 0 Å². The first kappa shape index (κ1) is 10.2. The molecular formula is C12H9ClN2O2. The first-order valence-electron chi connectivity index (χ1n) is 5.08. The summed E-state index contributed by atoms with van der Waals surface area (Å²) >= 11 is 6.03. The third-order valence-electron chi connectivity index (χ3n) is 2.54. The number of halogens is 1. The van der Waals surface area contributed by atoms with Gasteiger partial charge in [-0.15, -0.1) is 0 Å². The third-order valence-corrected chi connectivity index (χ3v) is 2.82. The molecule has 3 aromatic heterocycles. The predicted octanol–water partition coefficient (Wildman–Crippen LogP) is 3.26. The number of nitrogens with zero attached hydrogens (tertiary/aromatic N) is 2. The van der Waals surface area contributed by atoms with Crippen LogP contribution in [0.4, 0.5) is 0 Å². The molecule has 0 bridgehead atoms. The summed E-state index contributed by atoms with van der Waals surface area (Å²) < 4.78 is 7.21. The second-order valence-corrected chi connectivity index (χ2v) is 4.14. The van der Waals surface area contributed by atoms with Crippen LogP contribution in [0.5, 0.6) is 5.75 Å². The minimum atomic E-state index is 0.149. The Kier molecular flexibility index (Phi) is 2.12. The van der Waals surface area contributed by atoms with Crippen LogP contribution in [-0.4, -0.2) is 14.5 Å². The Hall–Kier alpha value is -1.94. The van der Waals surface area contributed by atoms with Gasteiger partial charge in [-0.1, -0.05) is 11.6 Å². The minimum Gasteiger partial charge on any atom is -0.506 e. The summed E-state index contributed by atoms with van der Waals surface area (Å²) in [4.78, 5) is 4.24. The molecule has 0 aliphatic carbocycles. The lowest BCUT2D eigenvalue weighted by Gasteiger charge is -1.98. The number of furan rings is 1. The Morgan fingerprint density at radius 1 is 1.29 bits per heavy atom. The molecule has 3 aromatic rings. The topological polar surface area (TPSA) is 50.7 Å². The molecular weight excluding hydrogens is 240 g/mol. The van der Waals surface area contributed by atoms with Gasteiger partial charge in [0, 0.05) is 0 Å². The highest BCUT2D eigenvalue weighted by atomic mass is 35.5. The molecule has 86 valence electrons. The van der Waals surface area contributed by atoms with Crippen molar-refractivity contribution in [3.05, 3.63) is 41.4 Å². The van der Waals surface area contributed by atoms with Crippen molar-refractivity contribution in [3.8, 4) is 17.3 Å². The highest BCUT2D eigenvalue weighted by Crippen LogP contribution is 2.28. The van der Waals surface area contributed by atoms with Crippen LogP contribution in [0.1, 0.15) is 5.76 Å². The van der Waals surface area contributed by atoms with Crippen molar-refractivity contribution in [2.45, 2.75) is 6.92 Å². The molecule has 0 saturated heterocycles. The number of aryl methyl sites for hydroxylation is 1. The van der Waals surface area contributed by atoms with E-state index in [-0.39, 0.29) is 5.75 Å². The van der Waals surface area contributed by atoms with Gasteiger partial charge in [0.1, 0.15) is 11.5 Å². The van der Waals surface area contributed by atoms with Crippen LogP contribution < -0.4 is 0 Å². The molecule has 4 nitrogen and oxygen atoms in total. The predicted molar refractivity (Wildman–Crippen MR) is 64.3 cm³/mol. The Bertz CT molecular complexity index is 700. The molecule has 3 rings (SSSR count). The van der Waals surface area contributed by atoms with Gasteiger partial charge in [-0.05, 0) is 31.2 Å². The third kappa shape index (κ3) is 1.57. The number of pyridine rings is 1. The van der Waals surface area contributed by atoms with Crippen LogP contribution in [0.25, 0.3) is 17.1 Å². The van der Waals surface area contributed by atoms with E-state index >= 15 is 0 Å². The van der Waals surface area contributed by atoms with Gasteiger partial charge in [0.15, 0.2) is 16.7 Å². The molecule has 0 aliphatic rings. The van der Waals surface area contributed by atoms with E-state index in [2.05, 4.69) is 4.98 Å². The van der Waals surface area contributed by atoms with Gasteiger partial charge in [0.05, 0.1) is 11.7 Å². The molecule has 0 amide bonds. The molecule has 0 aliphatic heterocycles. The van der Waals surface area contributed by atoms with E-state index < -0.39 is 0 Å². The number of aromatic nitrogens is 2. The molecule has 3 heterocycles. The Balaban J connectivity index is 2.33. The Morgan fingerprint density at radius 3 is 2.82 bits per heavy atom. The molecule has 0 atom stereocenters. The van der Waals surface area contributed by atoms with E-state index in [1.54, 1.807) is 22.7 Å². The maximum atomic E-state index is 9.49. The summed E-state index contributed by atoms with van der Waals surface area (Å²) in [6, 6.07) is 6.96. The fourth-order valence-corrected chi connectivity index (χ4v) is 2.00. The SMILES string of the molecule is Cc1ccc(-c2nc(Cl)c3ccc(O)cn23)o1. The zero-order valence-corrected chi connectivity index (χ0v) is 9.77. The second kappa shape index (κ2) is 3.53. The smallest absolute Gasteiger partial charge is 0.182 e. The lowest BCUT2D eigenvalue weighted by molar-refractivity contribution is 0.472. The fraction of sp³-hybridized carbons (Fsp3) is 0.0833. The number of aromatic hydroxyl groups is 1. The number of rotatable bonds is 1. The number of imidazole rings is 1. The maximum Gasteiger partial charge on any atom is 0.182 e. The van der Waals surface area contributed by atoms with E-state index in [0.717, 1.165) is 11.3 Å². The van der Waals surface area contributed by atoms with Crippen molar-refractivity contribution in [3.63, 3.8) is 0 Å². The Morgan fingerprint density at radius 2 is 2.12 bits per heavy atom. The van der Waals surface area contributed by atoms with E-state index in [4.69, 9.17) is 16.0 Å². The molecule has 0 aromatic carbocycles. The van der Waals surface area contributed by atoms with Crippen LogP contribution in [0.2, 0.25) is 5.15 Å². The lowest BCUT2D eigenvalue weighted by Crippen LogP contribution is -1.87. The largest absolute Gasteiger partial charge is 0.506 e. The minimum absolute atomic E-state index is 0.149. The zero-order valence-electron chi connectivity index (χ0n) is 9.01.